The smallest absolute Gasteiger partial charge is 0.242 e. The van der Waals surface area contributed by atoms with Crippen LogP contribution in [0.15, 0.2) is 12.1 Å². The highest BCUT2D eigenvalue weighted by atomic mass is 16.5. The van der Waals surface area contributed by atoms with E-state index in [1.165, 1.54) is 0 Å². The number of nitrogen functional groups attached to an aromatic ring is 1. The maximum Gasteiger partial charge on any atom is 0.242 e. The minimum absolute atomic E-state index is 0.00756. The van der Waals surface area contributed by atoms with E-state index >= 15 is 0 Å². The van der Waals surface area contributed by atoms with Crippen LogP contribution in [0.3, 0.4) is 0 Å². The largest absolute Gasteiger partial charge is 0.470 e. The Bertz CT molecular complexity index is 496. The van der Waals surface area contributed by atoms with Crippen LogP contribution in [-0.2, 0) is 4.79 Å². The van der Waals surface area contributed by atoms with E-state index < -0.39 is 0 Å². The highest BCUT2D eigenvalue weighted by Crippen LogP contribution is 2.25. The van der Waals surface area contributed by atoms with Gasteiger partial charge in [-0.2, -0.15) is 4.98 Å². The molecule has 0 spiro atoms. The number of piperidine rings is 1. The van der Waals surface area contributed by atoms with E-state index in [-0.39, 0.29) is 17.6 Å². The minimum Gasteiger partial charge on any atom is -0.470 e. The molecule has 2 rings (SSSR count). The molecule has 0 aromatic carbocycles. The van der Waals surface area contributed by atoms with Gasteiger partial charge in [0.25, 0.3) is 0 Å². The van der Waals surface area contributed by atoms with E-state index in [9.17, 15) is 4.79 Å². The van der Waals surface area contributed by atoms with Crippen LogP contribution >= 0.6 is 0 Å². The zero-order valence-electron chi connectivity index (χ0n) is 12.2. The molecule has 0 radical (unpaired) electrons. The number of pyridine rings is 1. The van der Waals surface area contributed by atoms with Crippen molar-refractivity contribution in [2.45, 2.75) is 45.3 Å². The third kappa shape index (κ3) is 3.76. The van der Waals surface area contributed by atoms with Crippen LogP contribution in [0.2, 0.25) is 0 Å². The molecule has 1 fully saturated rings. The monoisotopic (exact) mass is 278 g/mol. The normalized spacial score (nSPS) is 19.4. The van der Waals surface area contributed by atoms with Gasteiger partial charge in [0, 0.05) is 6.54 Å². The molecule has 1 aliphatic heterocycles. The van der Waals surface area contributed by atoms with E-state index in [4.69, 9.17) is 10.5 Å². The van der Waals surface area contributed by atoms with E-state index in [1.54, 1.807) is 12.1 Å². The van der Waals surface area contributed by atoms with Gasteiger partial charge in [-0.25, -0.2) is 0 Å². The summed E-state index contributed by atoms with van der Waals surface area (Å²) in [5, 5.41) is 5.96. The van der Waals surface area contributed by atoms with Gasteiger partial charge in [-0.1, -0.05) is 0 Å². The van der Waals surface area contributed by atoms with Crippen molar-refractivity contribution in [1.82, 2.24) is 10.3 Å². The Kier molecular flexibility index (Phi) is 4.01. The molecule has 1 aromatic rings. The summed E-state index contributed by atoms with van der Waals surface area (Å²) in [4.78, 5) is 16.1. The number of nitrogens with one attached hydrogen (secondary N) is 2. The Morgan fingerprint density at radius 2 is 2.20 bits per heavy atom. The summed E-state index contributed by atoms with van der Waals surface area (Å²) < 4.78 is 5.71. The molecule has 1 atom stereocenters. The van der Waals surface area contributed by atoms with Gasteiger partial charge in [-0.15, -0.1) is 0 Å². The van der Waals surface area contributed by atoms with Crippen molar-refractivity contribution in [1.29, 1.82) is 0 Å². The molecular formula is C14H22N4O2. The van der Waals surface area contributed by atoms with Crippen LogP contribution in [0.5, 0.6) is 5.88 Å². The van der Waals surface area contributed by atoms with E-state index in [1.807, 2.05) is 20.8 Å². The lowest BCUT2D eigenvalue weighted by atomic mass is 10.1. The summed E-state index contributed by atoms with van der Waals surface area (Å²) in [6, 6.07) is 3.24. The Morgan fingerprint density at radius 3 is 2.85 bits per heavy atom. The van der Waals surface area contributed by atoms with Gasteiger partial charge in [0.1, 0.15) is 17.5 Å². The Balaban J connectivity index is 2.12. The summed E-state index contributed by atoms with van der Waals surface area (Å²) in [7, 11) is 0. The van der Waals surface area contributed by atoms with Gasteiger partial charge in [0.15, 0.2) is 0 Å². The summed E-state index contributed by atoms with van der Waals surface area (Å²) in [6.45, 7) is 6.54. The SMILES string of the molecule is CC(C)(C)Oc1nc(NC2CCCNC2=O)ccc1N. The van der Waals surface area contributed by atoms with Crippen molar-refractivity contribution in [2.75, 3.05) is 17.6 Å². The van der Waals surface area contributed by atoms with Crippen molar-refractivity contribution < 1.29 is 9.53 Å². The minimum atomic E-state index is -0.373. The van der Waals surface area contributed by atoms with Crippen LogP contribution in [-0.4, -0.2) is 29.1 Å². The molecule has 6 nitrogen and oxygen atoms in total. The molecule has 6 heteroatoms. The highest BCUT2D eigenvalue weighted by Gasteiger charge is 2.22. The molecule has 1 saturated heterocycles. The van der Waals surface area contributed by atoms with Crippen LogP contribution in [0.4, 0.5) is 11.5 Å². The first-order chi connectivity index (χ1) is 9.35. The van der Waals surface area contributed by atoms with Crippen molar-refractivity contribution >= 4 is 17.4 Å². The lowest BCUT2D eigenvalue weighted by molar-refractivity contribution is -0.123. The van der Waals surface area contributed by atoms with Crippen LogP contribution < -0.4 is 21.1 Å². The predicted molar refractivity (Wildman–Crippen MR) is 78.7 cm³/mol. The van der Waals surface area contributed by atoms with E-state index in [0.29, 0.717) is 17.4 Å². The second-order valence-corrected chi connectivity index (χ2v) is 5.94. The number of nitrogens with zero attached hydrogens (tertiary/aromatic N) is 1. The first-order valence-electron chi connectivity index (χ1n) is 6.85. The average molecular weight is 278 g/mol. The third-order valence-electron chi connectivity index (χ3n) is 2.90. The fourth-order valence-corrected chi connectivity index (χ4v) is 1.99. The van der Waals surface area contributed by atoms with Crippen LogP contribution in [0.1, 0.15) is 33.6 Å². The lowest BCUT2D eigenvalue weighted by Gasteiger charge is -2.25. The Hall–Kier alpha value is -1.98. The second-order valence-electron chi connectivity index (χ2n) is 5.94. The average Bonchev–Trinajstić information content (AvgIpc) is 2.34. The van der Waals surface area contributed by atoms with Gasteiger partial charge in [0.05, 0.1) is 5.69 Å². The van der Waals surface area contributed by atoms with E-state index in [2.05, 4.69) is 15.6 Å². The van der Waals surface area contributed by atoms with Gasteiger partial charge in [-0.3, -0.25) is 4.79 Å². The Morgan fingerprint density at radius 1 is 1.45 bits per heavy atom. The number of rotatable bonds is 3. The highest BCUT2D eigenvalue weighted by molar-refractivity contribution is 5.85. The molecule has 2 heterocycles. The molecule has 110 valence electrons. The number of amides is 1. The number of aromatic nitrogens is 1. The summed E-state index contributed by atoms with van der Waals surface area (Å²) in [5.41, 5.74) is 5.97. The van der Waals surface area contributed by atoms with Gasteiger partial charge >= 0.3 is 0 Å². The second kappa shape index (κ2) is 5.56. The lowest BCUT2D eigenvalue weighted by Crippen LogP contribution is -2.44. The number of carbonyl (C=O) groups excluding carboxylic acids is 1. The standard InChI is InChI=1S/C14H22N4O2/c1-14(2,3)20-13-9(15)6-7-11(18-13)17-10-5-4-8-16-12(10)19/h6-7,10H,4-5,8,15H2,1-3H3,(H,16,19)(H,17,18). The van der Waals surface area contributed by atoms with Crippen LogP contribution in [0.25, 0.3) is 0 Å². The number of hydrogen-bond donors (Lipinski definition) is 3. The van der Waals surface area contributed by atoms with Gasteiger partial charge in [0.2, 0.25) is 11.8 Å². The van der Waals surface area contributed by atoms with Gasteiger partial charge in [-0.05, 0) is 45.7 Å². The molecule has 4 N–H and O–H groups in total. The van der Waals surface area contributed by atoms with E-state index in [0.717, 1.165) is 19.4 Å². The number of anilines is 2. The third-order valence-corrected chi connectivity index (χ3v) is 2.90. The quantitative estimate of drug-likeness (QED) is 0.780. The zero-order chi connectivity index (χ0) is 14.8. The fraction of sp³-hybridized carbons (Fsp3) is 0.571. The summed E-state index contributed by atoms with van der Waals surface area (Å²) in [6.07, 6.45) is 1.76. The molecule has 1 aliphatic rings. The first kappa shape index (κ1) is 14.4. The Labute approximate surface area is 119 Å². The van der Waals surface area contributed by atoms with Crippen molar-refractivity contribution in [3.8, 4) is 5.88 Å². The van der Waals surface area contributed by atoms with Crippen molar-refractivity contribution in [2.24, 2.45) is 0 Å². The number of ether oxygens (including phenoxy) is 1. The molecule has 0 aliphatic carbocycles. The number of nitrogens with two attached hydrogens (primary N) is 1. The maximum atomic E-state index is 11.7. The topological polar surface area (TPSA) is 89.3 Å². The van der Waals surface area contributed by atoms with Crippen molar-refractivity contribution in [3.05, 3.63) is 12.1 Å². The fourth-order valence-electron chi connectivity index (χ4n) is 1.99. The number of carbonyl (C=O) groups is 1. The zero-order valence-corrected chi connectivity index (χ0v) is 12.2. The molecule has 1 aromatic heterocycles. The number of hydrogen-bond acceptors (Lipinski definition) is 5. The molecule has 0 saturated carbocycles. The molecule has 1 unspecified atom stereocenters. The molecule has 0 bridgehead atoms. The molecule has 20 heavy (non-hydrogen) atoms. The molecular weight excluding hydrogens is 256 g/mol. The van der Waals surface area contributed by atoms with Crippen LogP contribution in [0, 0.1) is 0 Å². The maximum absolute atomic E-state index is 11.7. The molecule has 1 amide bonds. The van der Waals surface area contributed by atoms with Gasteiger partial charge < -0.3 is 21.1 Å². The summed E-state index contributed by atoms with van der Waals surface area (Å²) in [5.74, 6) is 0.993. The first-order valence-corrected chi connectivity index (χ1v) is 6.85. The predicted octanol–water partition coefficient (Wildman–Crippen LogP) is 1.53. The summed E-state index contributed by atoms with van der Waals surface area (Å²) >= 11 is 0. The van der Waals surface area contributed by atoms with Crippen molar-refractivity contribution in [3.63, 3.8) is 0 Å².